The minimum Gasteiger partial charge on any atom is -0.362 e. The lowest BCUT2D eigenvalue weighted by Crippen LogP contribution is -2.35. The monoisotopic (exact) mass is 408 g/mol. The molecule has 11 heteroatoms. The van der Waals surface area contributed by atoms with E-state index in [4.69, 9.17) is 11.5 Å². The molecule has 0 saturated heterocycles. The maximum absolute atomic E-state index is 13.2. The first kappa shape index (κ1) is 19.4. The third kappa shape index (κ3) is 3.34. The lowest BCUT2D eigenvalue weighted by molar-refractivity contribution is -0.681. The fourth-order valence-electron chi connectivity index (χ4n) is 3.28. The van der Waals surface area contributed by atoms with Crippen LogP contribution in [0.1, 0.15) is 22.8 Å². The Morgan fingerprint density at radius 2 is 1.33 bits per heavy atom. The van der Waals surface area contributed by atoms with Crippen LogP contribution in [0.5, 0.6) is 0 Å². The second kappa shape index (κ2) is 7.17. The van der Waals surface area contributed by atoms with Crippen molar-refractivity contribution in [2.75, 3.05) is 11.5 Å². The van der Waals surface area contributed by atoms with Crippen molar-refractivity contribution in [2.45, 2.75) is 26.9 Å². The molecule has 0 unspecified atom stereocenters. The average Bonchev–Trinajstić information content (AvgIpc) is 3.09. The maximum Gasteiger partial charge on any atom is 0.297 e. The Kier molecular flexibility index (Phi) is 4.65. The number of nitrogens with two attached hydrogens (primary N) is 2. The molecular weight excluding hydrogens is 384 g/mol. The average molecular weight is 408 g/mol. The molecule has 4 rings (SSSR count). The van der Waals surface area contributed by atoms with Gasteiger partial charge in [-0.15, -0.1) is 0 Å². The van der Waals surface area contributed by atoms with Crippen LogP contribution in [0.3, 0.4) is 0 Å². The molecule has 4 N–H and O–H groups in total. The lowest BCUT2D eigenvalue weighted by atomic mass is 10.3. The number of fused-ring (bicyclic) bond motifs is 1. The van der Waals surface area contributed by atoms with E-state index >= 15 is 0 Å². The van der Waals surface area contributed by atoms with Crippen molar-refractivity contribution >= 4 is 22.8 Å². The smallest absolute Gasteiger partial charge is 0.297 e. The molecule has 0 aliphatic heterocycles. The second-order valence-electron chi connectivity index (χ2n) is 7.34. The number of rotatable bonds is 4. The van der Waals surface area contributed by atoms with Crippen molar-refractivity contribution in [1.82, 2.24) is 29.1 Å². The van der Waals surface area contributed by atoms with E-state index in [1.165, 1.54) is 10.9 Å². The van der Waals surface area contributed by atoms with Crippen molar-refractivity contribution in [3.05, 3.63) is 58.2 Å². The first-order chi connectivity index (χ1) is 14.2. The zero-order valence-corrected chi connectivity index (χ0v) is 17.4. The highest BCUT2D eigenvalue weighted by atomic mass is 16.1. The van der Waals surface area contributed by atoms with E-state index in [0.717, 1.165) is 22.8 Å². The van der Waals surface area contributed by atoms with Crippen LogP contribution in [0.2, 0.25) is 0 Å². The minimum absolute atomic E-state index is 0.219. The van der Waals surface area contributed by atoms with Gasteiger partial charge in [0.1, 0.15) is 18.7 Å². The Morgan fingerprint density at radius 1 is 0.867 bits per heavy atom. The molecule has 4 heterocycles. The third-order valence-electron chi connectivity index (χ3n) is 5.23. The van der Waals surface area contributed by atoms with Crippen LogP contribution in [0, 0.1) is 13.8 Å². The molecule has 11 nitrogen and oxygen atoms in total. The molecule has 30 heavy (non-hydrogen) atoms. The van der Waals surface area contributed by atoms with Crippen LogP contribution >= 0.6 is 0 Å². The van der Waals surface area contributed by atoms with Crippen molar-refractivity contribution < 1.29 is 9.13 Å². The molecule has 0 bridgehead atoms. The van der Waals surface area contributed by atoms with Gasteiger partial charge < -0.3 is 16.0 Å². The fourth-order valence-corrected chi connectivity index (χ4v) is 3.28. The van der Waals surface area contributed by atoms with Crippen LogP contribution in [0.25, 0.3) is 11.2 Å². The number of anilines is 2. The molecule has 0 saturated carbocycles. The van der Waals surface area contributed by atoms with Gasteiger partial charge in [0.25, 0.3) is 17.2 Å². The van der Waals surface area contributed by atoms with Crippen molar-refractivity contribution in [3.8, 4) is 0 Å². The molecule has 4 aromatic heterocycles. The summed E-state index contributed by atoms with van der Waals surface area (Å²) in [6.45, 7) is 4.35. The normalized spacial score (nSPS) is 11.3. The van der Waals surface area contributed by atoms with Gasteiger partial charge in [-0.1, -0.05) is 0 Å². The number of imidazole rings is 1. The maximum atomic E-state index is 13.2. The van der Waals surface area contributed by atoms with Crippen molar-refractivity contribution in [2.24, 2.45) is 14.1 Å². The summed E-state index contributed by atoms with van der Waals surface area (Å²) in [6, 6.07) is 0. The van der Waals surface area contributed by atoms with Gasteiger partial charge in [0, 0.05) is 13.8 Å². The van der Waals surface area contributed by atoms with Crippen molar-refractivity contribution in [1.29, 1.82) is 0 Å². The number of hydrogen-bond acceptors (Lipinski definition) is 7. The summed E-state index contributed by atoms with van der Waals surface area (Å²) in [7, 11) is 3.77. The lowest BCUT2D eigenvalue weighted by Gasteiger charge is -2.08. The Hall–Kier alpha value is -3.89. The highest BCUT2D eigenvalue weighted by Crippen LogP contribution is 2.13. The molecule has 154 valence electrons. The minimum atomic E-state index is -0.219. The predicted molar refractivity (Wildman–Crippen MR) is 109 cm³/mol. The summed E-state index contributed by atoms with van der Waals surface area (Å²) in [5, 5.41) is 0. The SMILES string of the molecule is Cc1nc(N)c(Cn2cnc3ncn(Cc4c[n+](C)c(C)nc4N)c3c2=O)c[n+]1C. The van der Waals surface area contributed by atoms with Gasteiger partial charge in [-0.2, -0.15) is 0 Å². The van der Waals surface area contributed by atoms with Crippen LogP contribution in [0.15, 0.2) is 29.8 Å². The number of aromatic nitrogens is 8. The van der Waals surface area contributed by atoms with E-state index in [-0.39, 0.29) is 12.1 Å². The van der Waals surface area contributed by atoms with Gasteiger partial charge in [-0.05, 0) is 9.97 Å². The molecule has 4 aromatic rings. The first-order valence-electron chi connectivity index (χ1n) is 9.38. The quantitative estimate of drug-likeness (QED) is 0.409. The van der Waals surface area contributed by atoms with Crippen LogP contribution in [0.4, 0.5) is 11.6 Å². The highest BCUT2D eigenvalue weighted by Gasteiger charge is 2.18. The van der Waals surface area contributed by atoms with Gasteiger partial charge in [0.05, 0.1) is 44.6 Å². The Labute approximate surface area is 172 Å². The summed E-state index contributed by atoms with van der Waals surface area (Å²) in [5.74, 6) is 2.39. The molecule has 0 atom stereocenters. The second-order valence-corrected chi connectivity index (χ2v) is 7.34. The molecule has 0 amide bonds. The summed E-state index contributed by atoms with van der Waals surface area (Å²) in [5.41, 5.74) is 14.2. The highest BCUT2D eigenvalue weighted by molar-refractivity contribution is 5.69. The standard InChI is InChI=1S/C19H22N10O/c1-11-24-16(20)13(5-26(11)3)7-28-9-22-18-15(28)19(30)29(10-23-18)8-14-6-27(4)12(2)25-17(14)21/h5-6,9-10,20-21H,7-8H2,1-4H3/p+2. The van der Waals surface area contributed by atoms with E-state index in [0.29, 0.717) is 29.3 Å². The van der Waals surface area contributed by atoms with Gasteiger partial charge in [0.2, 0.25) is 11.6 Å². The van der Waals surface area contributed by atoms with Gasteiger partial charge in [0.15, 0.2) is 11.2 Å². The Bertz CT molecular complexity index is 1340. The topological polar surface area (TPSA) is 138 Å². The van der Waals surface area contributed by atoms with Gasteiger partial charge in [-0.25, -0.2) is 19.1 Å². The number of nitrogens with zero attached hydrogens (tertiary/aromatic N) is 8. The van der Waals surface area contributed by atoms with Gasteiger partial charge >= 0.3 is 0 Å². The van der Waals surface area contributed by atoms with Gasteiger partial charge in [-0.3, -0.25) is 9.36 Å². The third-order valence-corrected chi connectivity index (χ3v) is 5.23. The van der Waals surface area contributed by atoms with E-state index in [1.807, 2.05) is 49.5 Å². The summed E-state index contributed by atoms with van der Waals surface area (Å²) in [6.07, 6.45) is 6.83. The molecule has 0 fully saturated rings. The van der Waals surface area contributed by atoms with Crippen LogP contribution in [-0.2, 0) is 27.2 Å². The number of aryl methyl sites for hydroxylation is 4. The molecule has 0 radical (unpaired) electrons. The predicted octanol–water partition coefficient (Wildman–Crippen LogP) is -1.09. The summed E-state index contributed by atoms with van der Waals surface area (Å²) >= 11 is 0. The van der Waals surface area contributed by atoms with Crippen LogP contribution < -0.4 is 26.2 Å². The molecule has 0 aliphatic carbocycles. The van der Waals surface area contributed by atoms with E-state index in [1.54, 1.807) is 10.9 Å². The summed E-state index contributed by atoms with van der Waals surface area (Å²) in [4.78, 5) is 30.5. The molecule has 0 aromatic carbocycles. The van der Waals surface area contributed by atoms with E-state index in [9.17, 15) is 4.79 Å². The fraction of sp³-hybridized carbons (Fsp3) is 0.316. The number of hydrogen-bond donors (Lipinski definition) is 2. The summed E-state index contributed by atoms with van der Waals surface area (Å²) < 4.78 is 6.98. The molecule has 0 aliphatic rings. The molecular formula is C19H24N10O+2. The largest absolute Gasteiger partial charge is 0.362 e. The van der Waals surface area contributed by atoms with E-state index in [2.05, 4.69) is 19.9 Å². The zero-order valence-electron chi connectivity index (χ0n) is 17.4. The number of nitrogen functional groups attached to an aromatic ring is 2. The first-order valence-corrected chi connectivity index (χ1v) is 9.38. The van der Waals surface area contributed by atoms with Crippen molar-refractivity contribution in [3.63, 3.8) is 0 Å². The van der Waals surface area contributed by atoms with E-state index < -0.39 is 0 Å². The Balaban J connectivity index is 1.76. The Morgan fingerprint density at radius 3 is 1.87 bits per heavy atom. The van der Waals surface area contributed by atoms with Crippen LogP contribution in [-0.4, -0.2) is 29.1 Å². The zero-order chi connectivity index (χ0) is 21.6. The molecule has 0 spiro atoms.